The van der Waals surface area contributed by atoms with Crippen LogP contribution in [0.15, 0.2) is 40.4 Å². The van der Waals surface area contributed by atoms with Crippen LogP contribution in [0, 0.1) is 0 Å². The zero-order valence-corrected chi connectivity index (χ0v) is 31.7. The molecule has 2 bridgehead atoms. The van der Waals surface area contributed by atoms with Gasteiger partial charge in [-0.3, -0.25) is 18.0 Å². The van der Waals surface area contributed by atoms with E-state index in [1.807, 2.05) is 19.2 Å². The smallest absolute Gasteiger partial charge is 0.227 e. The van der Waals surface area contributed by atoms with Gasteiger partial charge in [0, 0.05) is 106 Å². The van der Waals surface area contributed by atoms with Gasteiger partial charge in [-0.05, 0) is 43.5 Å². The van der Waals surface area contributed by atoms with E-state index >= 15 is 0 Å². The largest absolute Gasteiger partial charge is 0.365 e. The molecule has 0 saturated carbocycles. The molecule has 0 radical (unpaired) electrons. The lowest BCUT2D eigenvalue weighted by Gasteiger charge is -2.36. The number of carbonyl (C=O) groups is 2. The first-order chi connectivity index (χ1) is 25.1. The Morgan fingerprint density at radius 3 is 1.90 bits per heavy atom. The van der Waals surface area contributed by atoms with E-state index in [0.29, 0.717) is 67.6 Å². The molecule has 6 atom stereocenters. The van der Waals surface area contributed by atoms with E-state index in [0.717, 1.165) is 70.9 Å². The molecule has 276 valence electrons. The normalized spacial score (nSPS) is 27.8. The van der Waals surface area contributed by atoms with E-state index in [2.05, 4.69) is 42.5 Å². The molecule has 2 amide bonds. The molecule has 17 heteroatoms. The van der Waals surface area contributed by atoms with Crippen molar-refractivity contribution >= 4 is 68.3 Å². The first-order valence-electron chi connectivity index (χ1n) is 17.9. The SMILES string of the molecule is CN1C[C@@H](Nc2nc(N3CC4CC3CN4c3ccc(Cl)cc3)nc3c2S(=O)CC3)CCC1=O.CN1C[C@@H](Nc2ncnc3c2S(=O)CC3)CCC1=O. The van der Waals surface area contributed by atoms with Gasteiger partial charge in [-0.25, -0.2) is 15.0 Å². The minimum absolute atomic E-state index is 0.104. The van der Waals surface area contributed by atoms with Gasteiger partial charge >= 0.3 is 0 Å². The average molecular weight is 767 g/mol. The Morgan fingerprint density at radius 2 is 1.29 bits per heavy atom. The van der Waals surface area contributed by atoms with Gasteiger partial charge in [-0.15, -0.1) is 0 Å². The van der Waals surface area contributed by atoms with Crippen LogP contribution in [0.4, 0.5) is 23.3 Å². The van der Waals surface area contributed by atoms with Gasteiger partial charge in [0.15, 0.2) is 0 Å². The highest BCUT2D eigenvalue weighted by Crippen LogP contribution is 2.39. The number of rotatable bonds is 6. The van der Waals surface area contributed by atoms with Crippen LogP contribution in [-0.4, -0.2) is 126 Å². The van der Waals surface area contributed by atoms with Crippen LogP contribution in [0.1, 0.15) is 43.5 Å². The number of benzene rings is 1. The number of aromatic nitrogens is 4. The topological polar surface area (TPSA) is 157 Å². The minimum atomic E-state index is -1.08. The van der Waals surface area contributed by atoms with Crippen molar-refractivity contribution in [1.29, 1.82) is 0 Å². The maximum absolute atomic E-state index is 12.7. The highest BCUT2D eigenvalue weighted by molar-refractivity contribution is 7.85. The number of piperidine rings is 2. The number of halogens is 1. The van der Waals surface area contributed by atoms with Crippen molar-refractivity contribution in [3.05, 3.63) is 47.0 Å². The Hall–Kier alpha value is -3.89. The van der Waals surface area contributed by atoms with Gasteiger partial charge in [-0.2, -0.15) is 4.98 Å². The fraction of sp³-hybridized carbons (Fsp3) is 0.543. The van der Waals surface area contributed by atoms with E-state index in [-0.39, 0.29) is 23.9 Å². The number of nitrogens with one attached hydrogen (secondary N) is 2. The molecule has 0 spiro atoms. The average Bonchev–Trinajstić information content (AvgIpc) is 3.93. The number of aryl methyl sites for hydroxylation is 2. The standard InChI is InChI=1S/C23H27ClN6O2S.C12H16N4O2S/c1-28-11-15(4-7-20(28)31)25-22-21-19(8-9-33(21)32)26-23(27-22)30-13-17-10-18(30)12-29(17)16-5-2-14(24)3-6-16;1-16-6-8(2-3-10(16)17)15-12-11-9(13-7-14-12)4-5-19(11)18/h2-3,5-6,15,17-18H,4,7-13H2,1H3,(H,25,26,27);7-8H,2-6H2,1H3,(H,13,14,15)/t15-,17?,18?,33?;8-,19?/m00/s1. The summed E-state index contributed by atoms with van der Waals surface area (Å²) in [6.45, 7) is 3.08. The quantitative estimate of drug-likeness (QED) is 0.379. The zero-order chi connectivity index (χ0) is 36.1. The van der Waals surface area contributed by atoms with Crippen molar-refractivity contribution < 1.29 is 18.0 Å². The number of anilines is 4. The van der Waals surface area contributed by atoms with E-state index in [1.165, 1.54) is 12.0 Å². The lowest BCUT2D eigenvalue weighted by Crippen LogP contribution is -2.47. The third-order valence-corrected chi connectivity index (χ3v) is 14.1. The molecule has 4 saturated heterocycles. The maximum Gasteiger partial charge on any atom is 0.227 e. The second-order valence-corrected chi connectivity index (χ2v) is 17.8. The van der Waals surface area contributed by atoms with Crippen LogP contribution < -0.4 is 20.4 Å². The van der Waals surface area contributed by atoms with Crippen molar-refractivity contribution in [3.8, 4) is 0 Å². The van der Waals surface area contributed by atoms with Gasteiger partial charge in [-0.1, -0.05) is 11.6 Å². The molecule has 6 aliphatic rings. The Balaban J connectivity index is 0.000000173. The second-order valence-electron chi connectivity index (χ2n) is 14.4. The minimum Gasteiger partial charge on any atom is -0.365 e. The zero-order valence-electron chi connectivity index (χ0n) is 29.3. The number of piperazine rings is 1. The van der Waals surface area contributed by atoms with Crippen LogP contribution in [0.25, 0.3) is 0 Å². The van der Waals surface area contributed by atoms with Gasteiger partial charge in [0.1, 0.15) is 27.8 Å². The number of likely N-dealkylation sites (N-methyl/N-ethyl adjacent to an activating group) is 2. The Labute approximate surface area is 313 Å². The Kier molecular flexibility index (Phi) is 9.80. The summed E-state index contributed by atoms with van der Waals surface area (Å²) in [5.41, 5.74) is 2.99. The van der Waals surface area contributed by atoms with E-state index in [1.54, 1.807) is 16.8 Å². The van der Waals surface area contributed by atoms with Crippen LogP contribution in [-0.2, 0) is 44.0 Å². The molecule has 4 unspecified atom stereocenters. The summed E-state index contributed by atoms with van der Waals surface area (Å²) in [5, 5.41) is 7.60. The Bertz CT molecular complexity index is 1940. The molecular weight excluding hydrogens is 724 g/mol. The molecule has 0 aliphatic carbocycles. The molecule has 6 aliphatic heterocycles. The molecule has 3 aromatic rings. The summed E-state index contributed by atoms with van der Waals surface area (Å²) >= 11 is 6.07. The summed E-state index contributed by atoms with van der Waals surface area (Å²) in [4.78, 5) is 51.3. The first-order valence-corrected chi connectivity index (χ1v) is 20.9. The highest BCUT2D eigenvalue weighted by Gasteiger charge is 2.45. The number of nitrogens with zero attached hydrogens (tertiary/aromatic N) is 8. The maximum atomic E-state index is 12.7. The van der Waals surface area contributed by atoms with Crippen molar-refractivity contribution in [2.24, 2.45) is 0 Å². The predicted molar refractivity (Wildman–Crippen MR) is 201 cm³/mol. The first kappa shape index (κ1) is 35.2. The highest BCUT2D eigenvalue weighted by atomic mass is 35.5. The third kappa shape index (κ3) is 6.96. The van der Waals surface area contributed by atoms with E-state index in [9.17, 15) is 18.0 Å². The summed E-state index contributed by atoms with van der Waals surface area (Å²) in [7, 11) is 1.56. The predicted octanol–water partition coefficient (Wildman–Crippen LogP) is 2.47. The van der Waals surface area contributed by atoms with Gasteiger partial charge < -0.3 is 30.2 Å². The Morgan fingerprint density at radius 1 is 0.712 bits per heavy atom. The molecule has 14 nitrogen and oxygen atoms in total. The van der Waals surface area contributed by atoms with Gasteiger partial charge in [0.05, 0.1) is 39.0 Å². The third-order valence-electron chi connectivity index (χ3n) is 10.9. The van der Waals surface area contributed by atoms with Crippen LogP contribution >= 0.6 is 11.6 Å². The number of carbonyl (C=O) groups excluding carboxylic acids is 2. The van der Waals surface area contributed by atoms with E-state index < -0.39 is 21.6 Å². The molecule has 1 aromatic carbocycles. The monoisotopic (exact) mass is 766 g/mol. The lowest BCUT2D eigenvalue weighted by atomic mass is 10.1. The molecule has 2 aromatic heterocycles. The van der Waals surface area contributed by atoms with E-state index in [4.69, 9.17) is 21.6 Å². The number of amides is 2. The number of likely N-dealkylation sites (tertiary alicyclic amines) is 2. The fourth-order valence-electron chi connectivity index (χ4n) is 8.14. The molecule has 4 fully saturated rings. The van der Waals surface area contributed by atoms with Crippen molar-refractivity contribution in [3.63, 3.8) is 0 Å². The molecular formula is C35H43ClN10O4S2. The fourth-order valence-corrected chi connectivity index (χ4v) is 10.9. The van der Waals surface area contributed by atoms with Crippen molar-refractivity contribution in [1.82, 2.24) is 29.7 Å². The molecule has 2 N–H and O–H groups in total. The van der Waals surface area contributed by atoms with Gasteiger partial charge in [0.25, 0.3) is 0 Å². The summed E-state index contributed by atoms with van der Waals surface area (Å²) in [6, 6.07) is 9.09. The number of fused-ring (bicyclic) bond motifs is 4. The van der Waals surface area contributed by atoms with Crippen LogP contribution in [0.2, 0.25) is 5.02 Å². The summed E-state index contributed by atoms with van der Waals surface area (Å²) in [6.07, 6.45) is 6.67. The summed E-state index contributed by atoms with van der Waals surface area (Å²) in [5.74, 6) is 3.68. The van der Waals surface area contributed by atoms with Crippen molar-refractivity contribution in [2.45, 2.75) is 78.9 Å². The number of hydrogen-bond acceptors (Lipinski definition) is 12. The second kappa shape index (κ2) is 14.5. The molecule has 52 heavy (non-hydrogen) atoms. The van der Waals surface area contributed by atoms with Crippen LogP contribution in [0.3, 0.4) is 0 Å². The lowest BCUT2D eigenvalue weighted by molar-refractivity contribution is -0.132. The van der Waals surface area contributed by atoms with Gasteiger partial charge in [0.2, 0.25) is 17.8 Å². The summed E-state index contributed by atoms with van der Waals surface area (Å²) < 4.78 is 24.7. The van der Waals surface area contributed by atoms with Crippen LogP contribution in [0.5, 0.6) is 0 Å². The molecule has 8 heterocycles. The number of hydrogen-bond donors (Lipinski definition) is 2. The molecule has 9 rings (SSSR count). The van der Waals surface area contributed by atoms with Crippen molar-refractivity contribution in [2.75, 3.05) is 72.2 Å².